The SMILES string of the molecule is O=C(Nc1cccc(C(F)(F)F)c1)C1CCCN(C(=O)NCc2cccs2)C1. The molecule has 1 aliphatic rings. The van der Waals surface area contributed by atoms with Gasteiger partial charge in [-0.05, 0) is 42.5 Å². The second-order valence-electron chi connectivity index (χ2n) is 6.59. The van der Waals surface area contributed by atoms with Gasteiger partial charge < -0.3 is 15.5 Å². The first-order valence-electron chi connectivity index (χ1n) is 8.86. The molecule has 0 spiro atoms. The van der Waals surface area contributed by atoms with E-state index in [1.165, 1.54) is 12.1 Å². The van der Waals surface area contributed by atoms with Gasteiger partial charge in [-0.3, -0.25) is 4.79 Å². The van der Waals surface area contributed by atoms with Gasteiger partial charge in [0.15, 0.2) is 0 Å². The molecule has 1 atom stereocenters. The molecular formula is C19H20F3N3O2S. The van der Waals surface area contributed by atoms with Crippen LogP contribution in [0.15, 0.2) is 41.8 Å². The summed E-state index contributed by atoms with van der Waals surface area (Å²) in [6, 6.07) is 8.12. The molecule has 1 saturated heterocycles. The highest BCUT2D eigenvalue weighted by Gasteiger charge is 2.31. The van der Waals surface area contributed by atoms with E-state index in [1.54, 1.807) is 16.2 Å². The zero-order valence-corrected chi connectivity index (χ0v) is 15.8. The summed E-state index contributed by atoms with van der Waals surface area (Å²) in [5.41, 5.74) is -0.720. The third-order valence-corrected chi connectivity index (χ3v) is 5.41. The lowest BCUT2D eigenvalue weighted by molar-refractivity contribution is -0.137. The smallest absolute Gasteiger partial charge is 0.333 e. The summed E-state index contributed by atoms with van der Waals surface area (Å²) in [6.07, 6.45) is -3.23. The average Bonchev–Trinajstić information content (AvgIpc) is 3.19. The molecule has 2 aromatic rings. The Morgan fingerprint density at radius 2 is 2.04 bits per heavy atom. The van der Waals surface area contributed by atoms with Gasteiger partial charge in [-0.2, -0.15) is 13.2 Å². The molecule has 2 N–H and O–H groups in total. The number of piperidine rings is 1. The van der Waals surface area contributed by atoms with Gasteiger partial charge in [0.25, 0.3) is 0 Å². The molecule has 1 unspecified atom stereocenters. The predicted molar refractivity (Wildman–Crippen MR) is 101 cm³/mol. The monoisotopic (exact) mass is 411 g/mol. The number of amides is 3. The number of nitrogens with one attached hydrogen (secondary N) is 2. The second-order valence-corrected chi connectivity index (χ2v) is 7.62. The number of anilines is 1. The maximum Gasteiger partial charge on any atom is 0.416 e. The van der Waals surface area contributed by atoms with E-state index in [-0.39, 0.29) is 24.2 Å². The van der Waals surface area contributed by atoms with Crippen LogP contribution in [-0.2, 0) is 17.5 Å². The van der Waals surface area contributed by atoms with Crippen molar-refractivity contribution in [2.75, 3.05) is 18.4 Å². The average molecular weight is 411 g/mol. The van der Waals surface area contributed by atoms with E-state index in [2.05, 4.69) is 10.6 Å². The van der Waals surface area contributed by atoms with Crippen molar-refractivity contribution in [3.63, 3.8) is 0 Å². The number of thiophene rings is 1. The molecule has 0 radical (unpaired) electrons. The van der Waals surface area contributed by atoms with Crippen LogP contribution in [0, 0.1) is 5.92 Å². The highest BCUT2D eigenvalue weighted by Crippen LogP contribution is 2.31. The van der Waals surface area contributed by atoms with E-state index in [9.17, 15) is 22.8 Å². The minimum absolute atomic E-state index is 0.0964. The molecule has 9 heteroatoms. The van der Waals surface area contributed by atoms with Gasteiger partial charge in [0.2, 0.25) is 5.91 Å². The number of hydrogen-bond acceptors (Lipinski definition) is 3. The molecule has 5 nitrogen and oxygen atoms in total. The first-order valence-corrected chi connectivity index (χ1v) is 9.74. The van der Waals surface area contributed by atoms with Crippen LogP contribution in [0.4, 0.5) is 23.7 Å². The highest BCUT2D eigenvalue weighted by molar-refractivity contribution is 7.09. The van der Waals surface area contributed by atoms with Crippen molar-refractivity contribution < 1.29 is 22.8 Å². The van der Waals surface area contributed by atoms with Crippen LogP contribution >= 0.6 is 11.3 Å². The maximum absolute atomic E-state index is 12.8. The molecular weight excluding hydrogens is 391 g/mol. The van der Waals surface area contributed by atoms with Crippen molar-refractivity contribution in [1.29, 1.82) is 0 Å². The standard InChI is InChI=1S/C19H20F3N3O2S/c20-19(21,22)14-5-1-6-15(10-14)24-17(26)13-4-2-8-25(12-13)18(27)23-11-16-7-3-9-28-16/h1,3,5-7,9-10,13H,2,4,8,11-12H2,(H,23,27)(H,24,26). The van der Waals surface area contributed by atoms with Crippen molar-refractivity contribution in [1.82, 2.24) is 10.2 Å². The number of carbonyl (C=O) groups is 2. The van der Waals surface area contributed by atoms with Crippen LogP contribution in [0.3, 0.4) is 0 Å². The Hall–Kier alpha value is -2.55. The minimum atomic E-state index is -4.47. The molecule has 0 bridgehead atoms. The molecule has 2 heterocycles. The zero-order chi connectivity index (χ0) is 20.1. The molecule has 0 aliphatic carbocycles. The number of benzene rings is 1. The van der Waals surface area contributed by atoms with Gasteiger partial charge in [-0.1, -0.05) is 12.1 Å². The highest BCUT2D eigenvalue weighted by atomic mass is 32.1. The Kier molecular flexibility index (Phi) is 6.23. The van der Waals surface area contributed by atoms with Crippen LogP contribution in [0.5, 0.6) is 0 Å². The second kappa shape index (κ2) is 8.64. The Morgan fingerprint density at radius 1 is 1.21 bits per heavy atom. The normalized spacial score (nSPS) is 17.2. The fourth-order valence-electron chi connectivity index (χ4n) is 3.08. The lowest BCUT2D eigenvalue weighted by Crippen LogP contribution is -2.47. The first kappa shape index (κ1) is 20.2. The third-order valence-electron chi connectivity index (χ3n) is 4.53. The van der Waals surface area contributed by atoms with E-state index in [0.29, 0.717) is 25.9 Å². The van der Waals surface area contributed by atoms with Crippen LogP contribution in [0.25, 0.3) is 0 Å². The lowest BCUT2D eigenvalue weighted by Gasteiger charge is -2.32. The van der Waals surface area contributed by atoms with Crippen LogP contribution in [-0.4, -0.2) is 29.9 Å². The van der Waals surface area contributed by atoms with Crippen LogP contribution in [0.2, 0.25) is 0 Å². The zero-order valence-electron chi connectivity index (χ0n) is 15.0. The molecule has 1 aromatic heterocycles. The van der Waals surface area contributed by atoms with Crippen molar-refractivity contribution in [2.45, 2.75) is 25.6 Å². The van der Waals surface area contributed by atoms with Crippen molar-refractivity contribution >= 4 is 29.0 Å². The van der Waals surface area contributed by atoms with E-state index < -0.39 is 17.7 Å². The number of urea groups is 1. The summed E-state index contributed by atoms with van der Waals surface area (Å²) >= 11 is 1.54. The topological polar surface area (TPSA) is 61.4 Å². The Labute approximate surface area is 164 Å². The number of nitrogens with zero attached hydrogens (tertiary/aromatic N) is 1. The van der Waals surface area contributed by atoms with Gasteiger partial charge >= 0.3 is 12.2 Å². The third kappa shape index (κ3) is 5.25. The molecule has 1 aliphatic heterocycles. The minimum Gasteiger partial charge on any atom is -0.333 e. The Balaban J connectivity index is 1.56. The summed E-state index contributed by atoms with van der Waals surface area (Å²) in [6.45, 7) is 1.21. The number of halogens is 3. The molecule has 3 rings (SSSR count). The molecule has 0 saturated carbocycles. The van der Waals surface area contributed by atoms with Crippen molar-refractivity contribution in [2.24, 2.45) is 5.92 Å². The summed E-state index contributed by atoms with van der Waals surface area (Å²) in [5, 5.41) is 7.30. The molecule has 1 aromatic carbocycles. The van der Waals surface area contributed by atoms with E-state index in [0.717, 1.165) is 17.0 Å². The molecule has 28 heavy (non-hydrogen) atoms. The lowest BCUT2D eigenvalue weighted by atomic mass is 9.97. The molecule has 150 valence electrons. The molecule has 1 fully saturated rings. The summed E-state index contributed by atoms with van der Waals surface area (Å²) < 4.78 is 38.4. The van der Waals surface area contributed by atoms with Gasteiger partial charge in [-0.25, -0.2) is 4.79 Å². The quantitative estimate of drug-likeness (QED) is 0.787. The number of carbonyl (C=O) groups excluding carboxylic acids is 2. The number of alkyl halides is 3. The van der Waals surface area contributed by atoms with Gasteiger partial charge in [0.1, 0.15) is 0 Å². The Morgan fingerprint density at radius 3 is 2.75 bits per heavy atom. The molecule has 3 amide bonds. The van der Waals surface area contributed by atoms with Gasteiger partial charge in [0.05, 0.1) is 18.0 Å². The number of likely N-dealkylation sites (tertiary alicyclic amines) is 1. The van der Waals surface area contributed by atoms with Gasteiger partial charge in [-0.15, -0.1) is 11.3 Å². The van der Waals surface area contributed by atoms with Crippen molar-refractivity contribution in [3.05, 3.63) is 52.2 Å². The van der Waals surface area contributed by atoms with Crippen LogP contribution < -0.4 is 10.6 Å². The Bertz CT molecular complexity index is 824. The van der Waals surface area contributed by atoms with E-state index in [4.69, 9.17) is 0 Å². The summed E-state index contributed by atoms with van der Waals surface area (Å²) in [4.78, 5) is 27.4. The maximum atomic E-state index is 12.8. The fourth-order valence-corrected chi connectivity index (χ4v) is 3.73. The van der Waals surface area contributed by atoms with Crippen LogP contribution in [0.1, 0.15) is 23.3 Å². The first-order chi connectivity index (χ1) is 13.3. The summed E-state index contributed by atoms with van der Waals surface area (Å²) in [7, 11) is 0. The summed E-state index contributed by atoms with van der Waals surface area (Å²) in [5.74, 6) is -0.842. The van der Waals surface area contributed by atoms with Gasteiger partial charge in [0, 0.05) is 23.7 Å². The van der Waals surface area contributed by atoms with E-state index in [1.807, 2.05) is 17.5 Å². The largest absolute Gasteiger partial charge is 0.416 e. The number of hydrogen-bond donors (Lipinski definition) is 2. The van der Waals surface area contributed by atoms with E-state index >= 15 is 0 Å². The number of rotatable bonds is 4. The van der Waals surface area contributed by atoms with Crippen molar-refractivity contribution in [3.8, 4) is 0 Å². The predicted octanol–water partition coefficient (Wildman–Crippen LogP) is 4.33. The fraction of sp³-hybridized carbons (Fsp3) is 0.368.